The maximum absolute atomic E-state index is 11.8. The normalized spacial score (nSPS) is 34.8. The largest absolute Gasteiger partial charge is 0.394 e. The molecule has 0 unspecified atom stereocenters. The maximum Gasteiger partial charge on any atom is 0.356 e. The van der Waals surface area contributed by atoms with Gasteiger partial charge in [-0.15, -0.1) is 0 Å². The highest BCUT2D eigenvalue weighted by molar-refractivity contribution is 5.98. The molecule has 0 amide bonds. The molecular formula is C8H14N4O6Si. The lowest BCUT2D eigenvalue weighted by atomic mass is 10.1. The standard InChI is InChI=1S/C8H14N4O6Si/c9-6-10-2-12(7(16)11-6)8(18-19)5(15)4(14)3(1-13)17-8/h2-5,13-15H,1H2,19H3,(H2,9,11,16)/t3-,4-,5-,8+/m1/s1. The van der Waals surface area contributed by atoms with Gasteiger partial charge < -0.3 is 30.2 Å². The van der Waals surface area contributed by atoms with Gasteiger partial charge in [-0.2, -0.15) is 4.98 Å². The van der Waals surface area contributed by atoms with Gasteiger partial charge in [-0.25, -0.2) is 14.3 Å². The highest BCUT2D eigenvalue weighted by Crippen LogP contribution is 2.34. The van der Waals surface area contributed by atoms with E-state index in [1.54, 1.807) is 0 Å². The minimum Gasteiger partial charge on any atom is -0.394 e. The Kier molecular flexibility index (Phi) is 3.66. The van der Waals surface area contributed by atoms with Crippen LogP contribution in [0.15, 0.2) is 11.1 Å². The summed E-state index contributed by atoms with van der Waals surface area (Å²) in [7, 11) is 0.0852. The number of rotatable bonds is 3. The molecule has 0 spiro atoms. The highest BCUT2D eigenvalue weighted by atomic mass is 28.2. The fourth-order valence-corrected chi connectivity index (χ4v) is 2.48. The molecule has 1 fully saturated rings. The summed E-state index contributed by atoms with van der Waals surface area (Å²) in [4.78, 5) is 18.8. The van der Waals surface area contributed by atoms with E-state index in [0.717, 1.165) is 10.9 Å². The van der Waals surface area contributed by atoms with Crippen molar-refractivity contribution >= 4 is 16.4 Å². The molecule has 0 radical (unpaired) electrons. The molecule has 1 saturated heterocycles. The van der Waals surface area contributed by atoms with Crippen molar-refractivity contribution in [1.82, 2.24) is 14.5 Å². The van der Waals surface area contributed by atoms with Crippen molar-refractivity contribution in [3.63, 3.8) is 0 Å². The van der Waals surface area contributed by atoms with Gasteiger partial charge in [0.15, 0.2) is 16.6 Å². The minimum atomic E-state index is -1.95. The van der Waals surface area contributed by atoms with Crippen LogP contribution in [0.2, 0.25) is 0 Å². The number of nitrogen functional groups attached to an aromatic ring is 1. The molecule has 10 nitrogen and oxygen atoms in total. The number of aliphatic hydroxyl groups is 3. The Morgan fingerprint density at radius 2 is 2.32 bits per heavy atom. The van der Waals surface area contributed by atoms with Gasteiger partial charge in [-0.05, 0) is 0 Å². The lowest BCUT2D eigenvalue weighted by molar-refractivity contribution is -0.272. The molecule has 11 heteroatoms. The third-order valence-corrected chi connectivity index (χ3v) is 3.51. The molecule has 0 aliphatic carbocycles. The molecule has 106 valence electrons. The summed E-state index contributed by atoms with van der Waals surface area (Å²) in [6.07, 6.45) is -3.08. The Labute approximate surface area is 110 Å². The highest BCUT2D eigenvalue weighted by Gasteiger charge is 2.56. The number of hydrogen-bond acceptors (Lipinski definition) is 9. The van der Waals surface area contributed by atoms with Gasteiger partial charge in [0.25, 0.3) is 5.91 Å². The third kappa shape index (κ3) is 2.05. The fraction of sp³-hybridized carbons (Fsp3) is 0.625. The molecule has 1 aliphatic heterocycles. The van der Waals surface area contributed by atoms with Gasteiger partial charge >= 0.3 is 5.69 Å². The van der Waals surface area contributed by atoms with Crippen molar-refractivity contribution < 1.29 is 24.5 Å². The molecule has 5 N–H and O–H groups in total. The first-order chi connectivity index (χ1) is 8.96. The van der Waals surface area contributed by atoms with Gasteiger partial charge in [0, 0.05) is 0 Å². The zero-order valence-electron chi connectivity index (χ0n) is 10.0. The zero-order chi connectivity index (χ0) is 14.2. The first kappa shape index (κ1) is 14.0. The number of nitrogens with two attached hydrogens (primary N) is 1. The van der Waals surface area contributed by atoms with Crippen LogP contribution in [-0.2, 0) is 15.1 Å². The number of aliphatic hydroxyl groups excluding tert-OH is 3. The van der Waals surface area contributed by atoms with Crippen molar-refractivity contribution in [3.05, 3.63) is 16.8 Å². The second-order valence-electron chi connectivity index (χ2n) is 3.98. The molecule has 1 aromatic rings. The van der Waals surface area contributed by atoms with E-state index in [1.165, 1.54) is 0 Å². The lowest BCUT2D eigenvalue weighted by Gasteiger charge is -2.31. The summed E-state index contributed by atoms with van der Waals surface area (Å²) in [5, 5.41) is 28.8. The van der Waals surface area contributed by atoms with Gasteiger partial charge in [-0.3, -0.25) is 0 Å². The van der Waals surface area contributed by atoms with Gasteiger partial charge in [-0.1, -0.05) is 0 Å². The van der Waals surface area contributed by atoms with Crippen LogP contribution in [0.5, 0.6) is 0 Å². The van der Waals surface area contributed by atoms with Crippen molar-refractivity contribution in [2.75, 3.05) is 12.3 Å². The van der Waals surface area contributed by atoms with E-state index in [-0.39, 0.29) is 16.4 Å². The molecule has 0 aromatic carbocycles. The maximum atomic E-state index is 11.8. The SMILES string of the molecule is Nc1ncn([C@]2(O[SiH3])O[C@H](CO)[C@@H](O)[C@H]2O)c(=O)n1. The molecule has 0 saturated carbocycles. The Morgan fingerprint density at radius 3 is 2.79 bits per heavy atom. The Morgan fingerprint density at radius 1 is 1.63 bits per heavy atom. The van der Waals surface area contributed by atoms with Crippen LogP contribution in [0.1, 0.15) is 0 Å². The van der Waals surface area contributed by atoms with Crippen molar-refractivity contribution in [3.8, 4) is 0 Å². The monoisotopic (exact) mass is 290 g/mol. The van der Waals surface area contributed by atoms with Crippen molar-refractivity contribution in [2.24, 2.45) is 0 Å². The van der Waals surface area contributed by atoms with E-state index in [2.05, 4.69) is 9.97 Å². The number of ether oxygens (including phenoxy) is 1. The van der Waals surface area contributed by atoms with Crippen molar-refractivity contribution in [1.29, 1.82) is 0 Å². The first-order valence-electron chi connectivity index (χ1n) is 5.38. The van der Waals surface area contributed by atoms with Crippen LogP contribution in [0.3, 0.4) is 0 Å². The van der Waals surface area contributed by atoms with E-state index in [1.807, 2.05) is 0 Å². The van der Waals surface area contributed by atoms with Crippen LogP contribution >= 0.6 is 0 Å². The van der Waals surface area contributed by atoms with Crippen LogP contribution in [-0.4, -0.2) is 65.3 Å². The number of nitrogens with zero attached hydrogens (tertiary/aromatic N) is 3. The average Bonchev–Trinajstić information content (AvgIpc) is 2.64. The third-order valence-electron chi connectivity index (χ3n) is 2.93. The lowest BCUT2D eigenvalue weighted by Crippen LogP contribution is -2.52. The first-order valence-corrected chi connectivity index (χ1v) is 6.19. The van der Waals surface area contributed by atoms with E-state index < -0.39 is 36.5 Å². The predicted octanol–water partition coefficient (Wildman–Crippen LogP) is -4.76. The molecule has 2 rings (SSSR count). The minimum absolute atomic E-state index is 0.0852. The summed E-state index contributed by atoms with van der Waals surface area (Å²) in [6, 6.07) is 0. The Balaban J connectivity index is 2.52. The summed E-state index contributed by atoms with van der Waals surface area (Å²) in [6.45, 7) is -0.546. The van der Waals surface area contributed by atoms with Crippen molar-refractivity contribution in [2.45, 2.75) is 24.2 Å². The van der Waals surface area contributed by atoms with Crippen LogP contribution in [0.25, 0.3) is 0 Å². The number of anilines is 1. The average molecular weight is 290 g/mol. The molecule has 1 aromatic heterocycles. The van der Waals surface area contributed by atoms with Gasteiger partial charge in [0.1, 0.15) is 18.5 Å². The predicted molar refractivity (Wildman–Crippen MR) is 63.7 cm³/mol. The summed E-state index contributed by atoms with van der Waals surface area (Å²) in [5.74, 6) is -2.19. The number of hydrogen-bond donors (Lipinski definition) is 4. The topological polar surface area (TPSA) is 153 Å². The quantitative estimate of drug-likeness (QED) is 0.402. The second kappa shape index (κ2) is 4.95. The van der Waals surface area contributed by atoms with E-state index >= 15 is 0 Å². The molecule has 2 heterocycles. The summed E-state index contributed by atoms with van der Waals surface area (Å²) < 4.78 is 11.2. The molecule has 4 atom stereocenters. The van der Waals surface area contributed by atoms with Gasteiger partial charge in [0.05, 0.1) is 6.61 Å². The summed E-state index contributed by atoms with van der Waals surface area (Å²) in [5.41, 5.74) is 4.41. The van der Waals surface area contributed by atoms with E-state index in [9.17, 15) is 15.0 Å². The van der Waals surface area contributed by atoms with E-state index in [4.69, 9.17) is 20.0 Å². The molecule has 1 aliphatic rings. The fourth-order valence-electron chi connectivity index (χ4n) is 1.95. The zero-order valence-corrected chi connectivity index (χ0v) is 12.0. The van der Waals surface area contributed by atoms with Gasteiger partial charge in [0.2, 0.25) is 5.95 Å². The van der Waals surface area contributed by atoms with Crippen LogP contribution in [0, 0.1) is 0 Å². The summed E-state index contributed by atoms with van der Waals surface area (Å²) >= 11 is 0. The number of aromatic nitrogens is 3. The van der Waals surface area contributed by atoms with E-state index in [0.29, 0.717) is 0 Å². The molecule has 0 bridgehead atoms. The molecule has 19 heavy (non-hydrogen) atoms. The smallest absolute Gasteiger partial charge is 0.356 e. The second-order valence-corrected chi connectivity index (χ2v) is 4.38. The molecular weight excluding hydrogens is 276 g/mol. The Bertz CT molecular complexity index is 526. The van der Waals surface area contributed by atoms with Crippen LogP contribution in [0.4, 0.5) is 5.95 Å². The van der Waals surface area contributed by atoms with Crippen LogP contribution < -0.4 is 11.4 Å². The Hall–Kier alpha value is -1.37.